The number of nitrogens with one attached hydrogen (secondary N) is 1. The van der Waals surface area contributed by atoms with Gasteiger partial charge in [-0.3, -0.25) is 14.9 Å². The Bertz CT molecular complexity index is 1250. The van der Waals surface area contributed by atoms with Crippen molar-refractivity contribution in [3.63, 3.8) is 0 Å². The van der Waals surface area contributed by atoms with Crippen LogP contribution < -0.4 is 11.1 Å². The molecule has 0 aliphatic carbocycles. The maximum atomic E-state index is 12.6. The van der Waals surface area contributed by atoms with Crippen LogP contribution in [0.4, 0.5) is 5.69 Å². The number of hydrogen-bond acceptors (Lipinski definition) is 4. The van der Waals surface area contributed by atoms with E-state index in [2.05, 4.69) is 11.4 Å². The molecule has 0 aliphatic rings. The highest BCUT2D eigenvalue weighted by Crippen LogP contribution is 2.23. The van der Waals surface area contributed by atoms with Gasteiger partial charge < -0.3 is 11.1 Å². The van der Waals surface area contributed by atoms with Crippen molar-refractivity contribution in [1.82, 2.24) is 5.32 Å². The summed E-state index contributed by atoms with van der Waals surface area (Å²) in [6.07, 6.45) is 0. The van der Waals surface area contributed by atoms with E-state index >= 15 is 0 Å². The summed E-state index contributed by atoms with van der Waals surface area (Å²) in [7, 11) is 0. The Morgan fingerprint density at radius 3 is 2.23 bits per heavy atom. The van der Waals surface area contributed by atoms with Crippen LogP contribution in [-0.4, -0.2) is 10.8 Å². The second kappa shape index (κ2) is 8.77. The first-order valence-electron chi connectivity index (χ1n) is 9.89. The zero-order valence-electron chi connectivity index (χ0n) is 16.7. The third-order valence-electron chi connectivity index (χ3n) is 5.27. The fraction of sp³-hybridized carbons (Fsp3) is 0.0800. The highest BCUT2D eigenvalue weighted by atomic mass is 16.6. The summed E-state index contributed by atoms with van der Waals surface area (Å²) >= 11 is 0. The standard InChI is InChI=1S/C25H21N3O3/c26-15-17-4-13-24-21(14-17)2-1-3-22(24)16-27-25(29)20-7-5-18(6-8-20)19-9-11-23(12-10-19)28(30)31/h1-14H,15-16,26H2,(H,27,29). The predicted molar refractivity (Wildman–Crippen MR) is 122 cm³/mol. The van der Waals surface area contributed by atoms with E-state index in [4.69, 9.17) is 5.73 Å². The molecule has 0 saturated carbocycles. The van der Waals surface area contributed by atoms with Crippen molar-refractivity contribution in [2.75, 3.05) is 0 Å². The van der Waals surface area contributed by atoms with Gasteiger partial charge in [-0.25, -0.2) is 0 Å². The molecule has 3 N–H and O–H groups in total. The molecule has 0 bridgehead atoms. The molecule has 4 aromatic carbocycles. The number of carbonyl (C=O) groups excluding carboxylic acids is 1. The van der Waals surface area contributed by atoms with Crippen molar-refractivity contribution in [2.45, 2.75) is 13.1 Å². The summed E-state index contributed by atoms with van der Waals surface area (Å²) in [6, 6.07) is 25.6. The largest absolute Gasteiger partial charge is 0.348 e. The molecular formula is C25H21N3O3. The lowest BCUT2D eigenvalue weighted by molar-refractivity contribution is -0.384. The van der Waals surface area contributed by atoms with Crippen molar-refractivity contribution in [1.29, 1.82) is 0 Å². The molecule has 154 valence electrons. The van der Waals surface area contributed by atoms with Crippen molar-refractivity contribution in [3.05, 3.63) is 112 Å². The number of nitro groups is 1. The van der Waals surface area contributed by atoms with Crippen molar-refractivity contribution < 1.29 is 9.72 Å². The van der Waals surface area contributed by atoms with Gasteiger partial charge in [0.2, 0.25) is 0 Å². The van der Waals surface area contributed by atoms with Gasteiger partial charge >= 0.3 is 0 Å². The normalized spacial score (nSPS) is 10.7. The van der Waals surface area contributed by atoms with Gasteiger partial charge in [0, 0.05) is 30.8 Å². The summed E-state index contributed by atoms with van der Waals surface area (Å²) < 4.78 is 0. The number of nitrogens with zero attached hydrogens (tertiary/aromatic N) is 1. The molecule has 0 aromatic heterocycles. The van der Waals surface area contributed by atoms with E-state index in [0.717, 1.165) is 33.0 Å². The second-order valence-electron chi connectivity index (χ2n) is 7.24. The molecule has 0 spiro atoms. The lowest BCUT2D eigenvalue weighted by atomic mass is 10.0. The maximum absolute atomic E-state index is 12.6. The molecule has 1 amide bonds. The maximum Gasteiger partial charge on any atom is 0.269 e. The second-order valence-corrected chi connectivity index (χ2v) is 7.24. The summed E-state index contributed by atoms with van der Waals surface area (Å²) in [5.41, 5.74) is 10.2. The molecular weight excluding hydrogens is 390 g/mol. The molecule has 0 atom stereocenters. The predicted octanol–water partition coefficient (Wildman–Crippen LogP) is 4.80. The molecule has 0 radical (unpaired) electrons. The molecule has 0 unspecified atom stereocenters. The van der Waals surface area contributed by atoms with E-state index in [1.54, 1.807) is 24.3 Å². The lowest BCUT2D eigenvalue weighted by Crippen LogP contribution is -2.22. The van der Waals surface area contributed by atoms with Crippen molar-refractivity contribution >= 4 is 22.4 Å². The molecule has 0 fully saturated rings. The van der Waals surface area contributed by atoms with Crippen LogP contribution in [0.15, 0.2) is 84.9 Å². The number of nitrogens with two attached hydrogens (primary N) is 1. The Kier molecular flexibility index (Phi) is 5.73. The smallest absolute Gasteiger partial charge is 0.269 e. The number of amides is 1. The molecule has 4 rings (SSSR count). The minimum atomic E-state index is -0.426. The summed E-state index contributed by atoms with van der Waals surface area (Å²) in [5.74, 6) is -0.161. The summed E-state index contributed by atoms with van der Waals surface area (Å²) in [5, 5.41) is 16.0. The van der Waals surface area contributed by atoms with Gasteiger partial charge in [-0.05, 0) is 63.4 Å². The van der Waals surface area contributed by atoms with E-state index in [0.29, 0.717) is 18.7 Å². The Morgan fingerprint density at radius 1 is 0.903 bits per heavy atom. The van der Waals surface area contributed by atoms with Crippen LogP contribution in [0.5, 0.6) is 0 Å². The highest BCUT2D eigenvalue weighted by Gasteiger charge is 2.09. The van der Waals surface area contributed by atoms with Crippen LogP contribution in [0.25, 0.3) is 21.9 Å². The Labute approximate surface area is 179 Å². The average molecular weight is 411 g/mol. The van der Waals surface area contributed by atoms with Gasteiger partial charge in [-0.15, -0.1) is 0 Å². The molecule has 6 heteroatoms. The summed E-state index contributed by atoms with van der Waals surface area (Å²) in [6.45, 7) is 0.912. The fourth-order valence-electron chi connectivity index (χ4n) is 3.55. The molecule has 0 aliphatic heterocycles. The molecule has 0 heterocycles. The zero-order chi connectivity index (χ0) is 21.8. The number of hydrogen-bond donors (Lipinski definition) is 2. The van der Waals surface area contributed by atoms with Gasteiger partial charge in [-0.2, -0.15) is 0 Å². The first kappa shape index (κ1) is 20.3. The molecule has 0 saturated heterocycles. The lowest BCUT2D eigenvalue weighted by Gasteiger charge is -2.10. The van der Waals surface area contributed by atoms with Crippen LogP contribution in [-0.2, 0) is 13.1 Å². The number of rotatable bonds is 6. The van der Waals surface area contributed by atoms with E-state index in [1.165, 1.54) is 12.1 Å². The third-order valence-corrected chi connectivity index (χ3v) is 5.27. The van der Waals surface area contributed by atoms with E-state index < -0.39 is 4.92 Å². The summed E-state index contributed by atoms with van der Waals surface area (Å²) in [4.78, 5) is 23.0. The number of nitro benzene ring substituents is 1. The van der Waals surface area contributed by atoms with E-state index in [1.807, 2.05) is 42.5 Å². The SMILES string of the molecule is NCc1ccc2c(CNC(=O)c3ccc(-c4ccc([N+](=O)[O-])cc4)cc3)cccc2c1. The number of benzene rings is 4. The quantitative estimate of drug-likeness (QED) is 0.352. The van der Waals surface area contributed by atoms with Gasteiger partial charge in [0.15, 0.2) is 0 Å². The Balaban J connectivity index is 1.46. The minimum Gasteiger partial charge on any atom is -0.348 e. The Hall–Kier alpha value is -4.03. The zero-order valence-corrected chi connectivity index (χ0v) is 16.7. The van der Waals surface area contributed by atoms with Crippen LogP contribution in [0, 0.1) is 10.1 Å². The van der Waals surface area contributed by atoms with Gasteiger partial charge in [0.1, 0.15) is 0 Å². The van der Waals surface area contributed by atoms with Crippen LogP contribution in [0.3, 0.4) is 0 Å². The van der Waals surface area contributed by atoms with E-state index in [-0.39, 0.29) is 11.6 Å². The van der Waals surface area contributed by atoms with Crippen molar-refractivity contribution in [3.8, 4) is 11.1 Å². The minimum absolute atomic E-state index is 0.0486. The van der Waals surface area contributed by atoms with E-state index in [9.17, 15) is 14.9 Å². The molecule has 4 aromatic rings. The number of non-ortho nitro benzene ring substituents is 1. The van der Waals surface area contributed by atoms with Crippen molar-refractivity contribution in [2.24, 2.45) is 5.73 Å². The van der Waals surface area contributed by atoms with Crippen LogP contribution in [0.1, 0.15) is 21.5 Å². The first-order valence-corrected chi connectivity index (χ1v) is 9.89. The third kappa shape index (κ3) is 4.44. The highest BCUT2D eigenvalue weighted by molar-refractivity contribution is 5.95. The number of fused-ring (bicyclic) bond motifs is 1. The monoisotopic (exact) mass is 411 g/mol. The molecule has 31 heavy (non-hydrogen) atoms. The number of carbonyl (C=O) groups is 1. The fourth-order valence-corrected chi connectivity index (χ4v) is 3.55. The van der Waals surface area contributed by atoms with Crippen LogP contribution >= 0.6 is 0 Å². The average Bonchev–Trinajstić information content (AvgIpc) is 2.82. The van der Waals surface area contributed by atoms with Gasteiger partial charge in [0.05, 0.1) is 4.92 Å². The molecule has 6 nitrogen and oxygen atoms in total. The van der Waals surface area contributed by atoms with Gasteiger partial charge in [0.25, 0.3) is 11.6 Å². The first-order chi connectivity index (χ1) is 15.0. The van der Waals surface area contributed by atoms with Crippen LogP contribution in [0.2, 0.25) is 0 Å². The Morgan fingerprint density at radius 2 is 1.58 bits per heavy atom. The van der Waals surface area contributed by atoms with Gasteiger partial charge in [-0.1, -0.05) is 42.5 Å². The topological polar surface area (TPSA) is 98.3 Å².